The molecule has 2 rings (SSSR count). The first-order valence-electron chi connectivity index (χ1n) is 7.56. The van der Waals surface area contributed by atoms with E-state index in [1.807, 2.05) is 31.2 Å². The maximum atomic E-state index is 11.6. The van der Waals surface area contributed by atoms with Gasteiger partial charge in [0.05, 0.1) is 12.2 Å². The number of nitrogens with one attached hydrogen (secondary N) is 1. The lowest BCUT2D eigenvalue weighted by Crippen LogP contribution is -2.38. The van der Waals surface area contributed by atoms with Crippen LogP contribution in [0.5, 0.6) is 0 Å². The molecule has 1 N–H and O–H groups in total. The van der Waals surface area contributed by atoms with E-state index in [-0.39, 0.29) is 5.97 Å². The number of carbonyl (C=O) groups excluding carboxylic acids is 1. The van der Waals surface area contributed by atoms with Crippen LogP contribution in [0.15, 0.2) is 24.3 Å². The molecule has 0 spiro atoms. The van der Waals surface area contributed by atoms with Crippen molar-refractivity contribution in [2.45, 2.75) is 52.5 Å². The Morgan fingerprint density at radius 1 is 1.30 bits per heavy atom. The molecular formula is C17H25NO2. The summed E-state index contributed by atoms with van der Waals surface area (Å²) in [5, 5.41) is 3.62. The topological polar surface area (TPSA) is 38.3 Å². The molecule has 1 aromatic rings. The first kappa shape index (κ1) is 14.9. The maximum absolute atomic E-state index is 11.6. The minimum Gasteiger partial charge on any atom is -0.462 e. The van der Waals surface area contributed by atoms with E-state index in [1.54, 1.807) is 0 Å². The average Bonchev–Trinajstić information content (AvgIpc) is 2.42. The van der Waals surface area contributed by atoms with Crippen LogP contribution in [0.2, 0.25) is 0 Å². The zero-order chi connectivity index (χ0) is 14.6. The summed E-state index contributed by atoms with van der Waals surface area (Å²) in [6.07, 6.45) is 5.10. The number of benzene rings is 1. The molecule has 3 nitrogen and oxygen atoms in total. The Bertz CT molecular complexity index is 451. The van der Waals surface area contributed by atoms with E-state index in [9.17, 15) is 4.79 Å². The van der Waals surface area contributed by atoms with Crippen molar-refractivity contribution in [1.29, 1.82) is 0 Å². The SMILES string of the molecule is CCOC(=O)c1ccc(NC2CCCCC2(C)C)cc1. The van der Waals surface area contributed by atoms with Gasteiger partial charge in [-0.25, -0.2) is 4.79 Å². The minimum atomic E-state index is -0.253. The Balaban J connectivity index is 2.01. The molecule has 0 aromatic heterocycles. The highest BCUT2D eigenvalue weighted by Crippen LogP contribution is 2.37. The predicted octanol–water partition coefficient (Wildman–Crippen LogP) is 4.24. The molecule has 1 atom stereocenters. The van der Waals surface area contributed by atoms with Gasteiger partial charge in [0.1, 0.15) is 0 Å². The molecular weight excluding hydrogens is 250 g/mol. The summed E-state index contributed by atoms with van der Waals surface area (Å²) in [5.41, 5.74) is 2.02. The molecule has 0 radical (unpaired) electrons. The second kappa shape index (κ2) is 6.29. The second-order valence-electron chi connectivity index (χ2n) is 6.23. The Hall–Kier alpha value is -1.51. The average molecular weight is 275 g/mol. The van der Waals surface area contributed by atoms with Crippen LogP contribution in [0.4, 0.5) is 5.69 Å². The molecule has 1 aliphatic rings. The summed E-state index contributed by atoms with van der Waals surface area (Å²) in [7, 11) is 0. The van der Waals surface area contributed by atoms with Gasteiger partial charge in [0.2, 0.25) is 0 Å². The van der Waals surface area contributed by atoms with E-state index < -0.39 is 0 Å². The first-order valence-corrected chi connectivity index (χ1v) is 7.56. The molecule has 1 aromatic carbocycles. The quantitative estimate of drug-likeness (QED) is 0.835. The third-order valence-corrected chi connectivity index (χ3v) is 4.24. The molecule has 1 unspecified atom stereocenters. The minimum absolute atomic E-state index is 0.253. The van der Waals surface area contributed by atoms with Crippen molar-refractivity contribution in [3.05, 3.63) is 29.8 Å². The van der Waals surface area contributed by atoms with Crippen LogP contribution >= 0.6 is 0 Å². The number of esters is 1. The summed E-state index contributed by atoms with van der Waals surface area (Å²) in [4.78, 5) is 11.6. The Labute approximate surface area is 121 Å². The second-order valence-corrected chi connectivity index (χ2v) is 6.23. The highest BCUT2D eigenvalue weighted by atomic mass is 16.5. The number of ether oxygens (including phenoxy) is 1. The van der Waals surface area contributed by atoms with Gasteiger partial charge in [-0.05, 0) is 49.4 Å². The molecule has 1 saturated carbocycles. The Kier molecular flexibility index (Phi) is 4.69. The van der Waals surface area contributed by atoms with Crippen LogP contribution in [-0.2, 0) is 4.74 Å². The van der Waals surface area contributed by atoms with Gasteiger partial charge in [-0.15, -0.1) is 0 Å². The molecule has 0 saturated heterocycles. The summed E-state index contributed by atoms with van der Waals surface area (Å²) < 4.78 is 4.99. The molecule has 3 heteroatoms. The van der Waals surface area contributed by atoms with Crippen molar-refractivity contribution in [3.63, 3.8) is 0 Å². The van der Waals surface area contributed by atoms with Gasteiger partial charge in [0, 0.05) is 11.7 Å². The van der Waals surface area contributed by atoms with Gasteiger partial charge < -0.3 is 10.1 Å². The normalized spacial score (nSPS) is 21.2. The van der Waals surface area contributed by atoms with Crippen molar-refractivity contribution in [2.24, 2.45) is 5.41 Å². The molecule has 0 amide bonds. The lowest BCUT2D eigenvalue weighted by Gasteiger charge is -2.39. The summed E-state index contributed by atoms with van der Waals surface area (Å²) in [6, 6.07) is 8.10. The summed E-state index contributed by atoms with van der Waals surface area (Å²) >= 11 is 0. The van der Waals surface area contributed by atoms with Crippen molar-refractivity contribution >= 4 is 11.7 Å². The van der Waals surface area contributed by atoms with E-state index in [2.05, 4.69) is 19.2 Å². The first-order chi connectivity index (χ1) is 9.53. The van der Waals surface area contributed by atoms with E-state index in [0.717, 1.165) is 5.69 Å². The fraction of sp³-hybridized carbons (Fsp3) is 0.588. The van der Waals surface area contributed by atoms with Crippen LogP contribution in [0, 0.1) is 5.41 Å². The molecule has 1 fully saturated rings. The number of hydrogen-bond donors (Lipinski definition) is 1. The predicted molar refractivity (Wildman–Crippen MR) is 82.1 cm³/mol. The largest absolute Gasteiger partial charge is 0.462 e. The fourth-order valence-electron chi connectivity index (χ4n) is 2.88. The number of hydrogen-bond acceptors (Lipinski definition) is 3. The van der Waals surface area contributed by atoms with Gasteiger partial charge in [-0.2, -0.15) is 0 Å². The monoisotopic (exact) mass is 275 g/mol. The highest BCUT2D eigenvalue weighted by molar-refractivity contribution is 5.89. The van der Waals surface area contributed by atoms with E-state index in [1.165, 1.54) is 25.7 Å². The summed E-state index contributed by atoms with van der Waals surface area (Å²) in [5.74, 6) is -0.253. The number of carbonyl (C=O) groups is 1. The molecule has 0 bridgehead atoms. The van der Waals surface area contributed by atoms with E-state index in [0.29, 0.717) is 23.6 Å². The highest BCUT2D eigenvalue weighted by Gasteiger charge is 2.31. The lowest BCUT2D eigenvalue weighted by atomic mass is 9.73. The van der Waals surface area contributed by atoms with Crippen LogP contribution in [0.1, 0.15) is 56.8 Å². The van der Waals surface area contributed by atoms with Crippen molar-refractivity contribution in [3.8, 4) is 0 Å². The van der Waals surface area contributed by atoms with Gasteiger partial charge in [-0.1, -0.05) is 26.7 Å². The van der Waals surface area contributed by atoms with Crippen LogP contribution < -0.4 is 5.32 Å². The van der Waals surface area contributed by atoms with Gasteiger partial charge >= 0.3 is 5.97 Å². The van der Waals surface area contributed by atoms with Crippen molar-refractivity contribution in [2.75, 3.05) is 11.9 Å². The van der Waals surface area contributed by atoms with E-state index in [4.69, 9.17) is 4.74 Å². The van der Waals surface area contributed by atoms with Gasteiger partial charge in [-0.3, -0.25) is 0 Å². The maximum Gasteiger partial charge on any atom is 0.338 e. The lowest BCUT2D eigenvalue weighted by molar-refractivity contribution is 0.0526. The van der Waals surface area contributed by atoms with E-state index >= 15 is 0 Å². The smallest absolute Gasteiger partial charge is 0.338 e. The van der Waals surface area contributed by atoms with Gasteiger partial charge in [0.25, 0.3) is 0 Å². The molecule has 0 aliphatic heterocycles. The van der Waals surface area contributed by atoms with Crippen molar-refractivity contribution in [1.82, 2.24) is 0 Å². The third-order valence-electron chi connectivity index (χ3n) is 4.24. The Morgan fingerprint density at radius 3 is 2.60 bits per heavy atom. The molecule has 20 heavy (non-hydrogen) atoms. The molecule has 1 aliphatic carbocycles. The third kappa shape index (κ3) is 3.53. The fourth-order valence-corrected chi connectivity index (χ4v) is 2.88. The van der Waals surface area contributed by atoms with Crippen molar-refractivity contribution < 1.29 is 9.53 Å². The van der Waals surface area contributed by atoms with Crippen LogP contribution in [0.3, 0.4) is 0 Å². The zero-order valence-corrected chi connectivity index (χ0v) is 12.7. The summed E-state index contributed by atoms with van der Waals surface area (Å²) in [6.45, 7) is 6.89. The Morgan fingerprint density at radius 2 is 2.00 bits per heavy atom. The number of anilines is 1. The van der Waals surface area contributed by atoms with Gasteiger partial charge in [0.15, 0.2) is 0 Å². The molecule has 0 heterocycles. The molecule has 110 valence electrons. The van der Waals surface area contributed by atoms with Crippen LogP contribution in [-0.4, -0.2) is 18.6 Å². The zero-order valence-electron chi connectivity index (χ0n) is 12.7. The standard InChI is InChI=1S/C17H25NO2/c1-4-20-16(19)13-8-10-14(11-9-13)18-15-7-5-6-12-17(15,2)3/h8-11,15,18H,4-7,12H2,1-3H3. The number of rotatable bonds is 4. The van der Waals surface area contributed by atoms with Crippen LogP contribution in [0.25, 0.3) is 0 Å².